The molecule has 0 saturated heterocycles. The number of methoxy groups -OCH3 is 1. The maximum Gasteiger partial charge on any atom is 0.230 e. The summed E-state index contributed by atoms with van der Waals surface area (Å²) in [6.45, 7) is 7.33. The Hall–Kier alpha value is -2.02. The van der Waals surface area contributed by atoms with Gasteiger partial charge in [0.15, 0.2) is 11.0 Å². The van der Waals surface area contributed by atoms with Crippen LogP contribution in [-0.4, -0.2) is 39.6 Å². The maximum atomic E-state index is 12.5. The van der Waals surface area contributed by atoms with E-state index in [4.69, 9.17) is 4.74 Å². The maximum absolute atomic E-state index is 12.5. The van der Waals surface area contributed by atoms with Gasteiger partial charge in [-0.15, -0.1) is 10.2 Å². The Kier molecular flexibility index (Phi) is 6.99. The van der Waals surface area contributed by atoms with Gasteiger partial charge in [0.1, 0.15) is 5.75 Å². The lowest BCUT2D eigenvalue weighted by Gasteiger charge is -2.34. The minimum Gasteiger partial charge on any atom is -0.497 e. The van der Waals surface area contributed by atoms with Gasteiger partial charge < -0.3 is 14.6 Å². The fourth-order valence-corrected chi connectivity index (χ4v) is 4.61. The Bertz CT molecular complexity index is 790. The Morgan fingerprint density at radius 2 is 2.00 bits per heavy atom. The average Bonchev–Trinajstić information content (AvgIpc) is 3.13. The van der Waals surface area contributed by atoms with E-state index in [1.54, 1.807) is 7.11 Å². The third-order valence-electron chi connectivity index (χ3n) is 5.77. The largest absolute Gasteiger partial charge is 0.497 e. The summed E-state index contributed by atoms with van der Waals surface area (Å²) in [7, 11) is 1.65. The molecule has 1 N–H and O–H groups in total. The fourth-order valence-electron chi connectivity index (χ4n) is 3.80. The molecule has 0 radical (unpaired) electrons. The first-order valence-electron chi connectivity index (χ1n) is 10.0. The monoisotopic (exact) mass is 402 g/mol. The first kappa shape index (κ1) is 20.7. The number of thioether (sulfide) groups is 1. The molecule has 1 aromatic heterocycles. The van der Waals surface area contributed by atoms with E-state index in [-0.39, 0.29) is 11.9 Å². The zero-order valence-corrected chi connectivity index (χ0v) is 18.0. The summed E-state index contributed by atoms with van der Waals surface area (Å²) in [4.78, 5) is 12.5. The third kappa shape index (κ3) is 4.69. The van der Waals surface area contributed by atoms with Crippen LogP contribution >= 0.6 is 11.8 Å². The Labute approximate surface area is 171 Å². The van der Waals surface area contributed by atoms with Crippen LogP contribution in [0.4, 0.5) is 0 Å². The highest BCUT2D eigenvalue weighted by Crippen LogP contribution is 2.30. The van der Waals surface area contributed by atoms with Crippen molar-refractivity contribution >= 4 is 17.7 Å². The average molecular weight is 403 g/mol. The quantitative estimate of drug-likeness (QED) is 0.709. The third-order valence-corrected chi connectivity index (χ3v) is 6.73. The van der Waals surface area contributed by atoms with Crippen LogP contribution in [-0.2, 0) is 11.3 Å². The molecule has 6 nitrogen and oxygen atoms in total. The van der Waals surface area contributed by atoms with Gasteiger partial charge in [-0.05, 0) is 49.4 Å². The molecule has 1 fully saturated rings. The Morgan fingerprint density at radius 1 is 1.25 bits per heavy atom. The number of rotatable bonds is 7. The van der Waals surface area contributed by atoms with Crippen LogP contribution in [0.2, 0.25) is 0 Å². The number of benzene rings is 1. The van der Waals surface area contributed by atoms with E-state index < -0.39 is 0 Å². The predicted octanol–water partition coefficient (Wildman–Crippen LogP) is 4.01. The summed E-state index contributed by atoms with van der Waals surface area (Å²) in [6.07, 6.45) is 3.53. The second-order valence-corrected chi connectivity index (χ2v) is 8.45. The minimum absolute atomic E-state index is 0.0765. The molecule has 3 atom stereocenters. The van der Waals surface area contributed by atoms with E-state index >= 15 is 0 Å². The fraction of sp³-hybridized carbons (Fsp3) is 0.571. The molecule has 1 aliphatic carbocycles. The molecule has 1 aromatic carbocycles. The molecular weight excluding hydrogens is 372 g/mol. The molecule has 3 rings (SSSR count). The number of hydrogen-bond donors (Lipinski definition) is 1. The van der Waals surface area contributed by atoms with Gasteiger partial charge in [0.2, 0.25) is 5.91 Å². The normalized spacial score (nSPS) is 22.1. The van der Waals surface area contributed by atoms with E-state index in [1.165, 1.54) is 24.6 Å². The van der Waals surface area contributed by atoms with Crippen molar-refractivity contribution in [3.8, 4) is 17.1 Å². The minimum atomic E-state index is 0.0765. The number of carbonyl (C=O) groups excluding carboxylic acids is 1. The summed E-state index contributed by atoms with van der Waals surface area (Å²) in [5.41, 5.74) is 0.983. The van der Waals surface area contributed by atoms with Crippen molar-refractivity contribution in [3.05, 3.63) is 24.3 Å². The summed E-state index contributed by atoms with van der Waals surface area (Å²) in [5.74, 6) is 3.25. The topological polar surface area (TPSA) is 69.0 Å². The highest BCUT2D eigenvalue weighted by atomic mass is 32.2. The number of nitrogens with one attached hydrogen (secondary N) is 1. The SMILES string of the molecule is CCn1c(SCC(=O)N[C@@H]2CCC[C@@H](C)[C@@H]2C)nnc1-c1ccc(OC)cc1. The molecule has 1 amide bonds. The number of carbonyl (C=O) groups is 1. The number of nitrogens with zero attached hydrogens (tertiary/aromatic N) is 3. The van der Waals surface area contributed by atoms with Crippen molar-refractivity contribution < 1.29 is 9.53 Å². The molecule has 152 valence electrons. The van der Waals surface area contributed by atoms with E-state index in [2.05, 4.69) is 36.3 Å². The second-order valence-electron chi connectivity index (χ2n) is 7.51. The predicted molar refractivity (Wildman–Crippen MR) is 113 cm³/mol. The molecule has 0 spiro atoms. The van der Waals surface area contributed by atoms with Gasteiger partial charge in [0.05, 0.1) is 12.9 Å². The lowest BCUT2D eigenvalue weighted by atomic mass is 9.78. The van der Waals surface area contributed by atoms with Crippen molar-refractivity contribution in [1.82, 2.24) is 20.1 Å². The Morgan fingerprint density at radius 3 is 2.68 bits per heavy atom. The summed E-state index contributed by atoms with van der Waals surface area (Å²) < 4.78 is 7.26. The first-order chi connectivity index (χ1) is 13.5. The van der Waals surface area contributed by atoms with Crippen LogP contribution in [0.3, 0.4) is 0 Å². The zero-order chi connectivity index (χ0) is 20.1. The van der Waals surface area contributed by atoms with E-state index in [1.807, 2.05) is 28.8 Å². The van der Waals surface area contributed by atoms with E-state index in [9.17, 15) is 4.79 Å². The standard InChI is InChI=1S/C21H30N4O2S/c1-5-25-20(16-9-11-17(27-4)12-10-16)23-24-21(25)28-13-19(26)22-18-8-6-7-14(2)15(18)3/h9-12,14-15,18H,5-8,13H2,1-4H3,(H,22,26)/t14-,15+,18-/m1/s1. The number of aromatic nitrogens is 3. The van der Waals surface area contributed by atoms with Gasteiger partial charge in [0.25, 0.3) is 0 Å². The molecule has 1 saturated carbocycles. The summed E-state index contributed by atoms with van der Waals surface area (Å²) in [5, 5.41) is 12.7. The van der Waals surface area contributed by atoms with Crippen LogP contribution < -0.4 is 10.1 Å². The number of amides is 1. The summed E-state index contributed by atoms with van der Waals surface area (Å²) >= 11 is 1.45. The molecular formula is C21H30N4O2S. The molecule has 0 aliphatic heterocycles. The molecule has 0 bridgehead atoms. The van der Waals surface area contributed by atoms with Crippen LogP contribution in [0.1, 0.15) is 40.0 Å². The zero-order valence-electron chi connectivity index (χ0n) is 17.1. The van der Waals surface area contributed by atoms with E-state index in [0.717, 1.165) is 35.3 Å². The van der Waals surface area contributed by atoms with Gasteiger partial charge in [-0.25, -0.2) is 0 Å². The lowest BCUT2D eigenvalue weighted by molar-refractivity contribution is -0.120. The van der Waals surface area contributed by atoms with Crippen LogP contribution in [0, 0.1) is 11.8 Å². The van der Waals surface area contributed by atoms with Crippen LogP contribution in [0.15, 0.2) is 29.4 Å². The van der Waals surface area contributed by atoms with Crippen molar-refractivity contribution in [3.63, 3.8) is 0 Å². The lowest BCUT2D eigenvalue weighted by Crippen LogP contribution is -2.44. The summed E-state index contributed by atoms with van der Waals surface area (Å²) in [6, 6.07) is 8.06. The second kappa shape index (κ2) is 9.45. The van der Waals surface area contributed by atoms with Crippen molar-refractivity contribution in [1.29, 1.82) is 0 Å². The molecule has 7 heteroatoms. The van der Waals surface area contributed by atoms with Gasteiger partial charge in [-0.2, -0.15) is 0 Å². The molecule has 1 aliphatic rings. The van der Waals surface area contributed by atoms with Gasteiger partial charge in [-0.3, -0.25) is 4.79 Å². The molecule has 0 unspecified atom stereocenters. The Balaban J connectivity index is 1.62. The number of ether oxygens (including phenoxy) is 1. The highest BCUT2D eigenvalue weighted by Gasteiger charge is 2.28. The van der Waals surface area contributed by atoms with Gasteiger partial charge >= 0.3 is 0 Å². The van der Waals surface area contributed by atoms with Crippen LogP contribution in [0.25, 0.3) is 11.4 Å². The van der Waals surface area contributed by atoms with E-state index in [0.29, 0.717) is 17.6 Å². The van der Waals surface area contributed by atoms with Crippen LogP contribution in [0.5, 0.6) is 5.75 Å². The molecule has 1 heterocycles. The molecule has 2 aromatic rings. The van der Waals surface area contributed by atoms with Gasteiger partial charge in [-0.1, -0.05) is 38.5 Å². The smallest absolute Gasteiger partial charge is 0.230 e. The highest BCUT2D eigenvalue weighted by molar-refractivity contribution is 7.99. The van der Waals surface area contributed by atoms with Crippen molar-refractivity contribution in [2.24, 2.45) is 11.8 Å². The van der Waals surface area contributed by atoms with Gasteiger partial charge in [0, 0.05) is 18.2 Å². The number of hydrogen-bond acceptors (Lipinski definition) is 5. The van der Waals surface area contributed by atoms with Crippen molar-refractivity contribution in [2.75, 3.05) is 12.9 Å². The first-order valence-corrected chi connectivity index (χ1v) is 11.0. The van der Waals surface area contributed by atoms with Crippen molar-refractivity contribution in [2.45, 2.75) is 57.8 Å². The molecule has 28 heavy (non-hydrogen) atoms.